The molecule has 0 radical (unpaired) electrons. The van der Waals surface area contributed by atoms with Crippen molar-refractivity contribution in [2.75, 3.05) is 32.7 Å². The van der Waals surface area contributed by atoms with Crippen LogP contribution >= 0.6 is 23.2 Å². The standard InChI is InChI=1S/C15H18Cl2F2N2O2S/c16-12-5-13(17)7-14(6-12)24(22,23)21-3-1-20(2-4-21)10-11-8-15(18,19)9-11/h5-7,11H,1-4,8-10H2. The predicted octanol–water partition coefficient (Wildman–Crippen LogP) is 3.35. The second-order valence-electron chi connectivity index (χ2n) is 6.44. The fraction of sp³-hybridized carbons (Fsp3) is 0.600. The first kappa shape index (κ1) is 18.3. The summed E-state index contributed by atoms with van der Waals surface area (Å²) in [5, 5.41) is 0.538. The smallest absolute Gasteiger partial charge is 0.248 e. The van der Waals surface area contributed by atoms with Crippen LogP contribution in [-0.4, -0.2) is 56.3 Å². The third-order valence-corrected chi connectivity index (χ3v) is 6.81. The highest BCUT2D eigenvalue weighted by Crippen LogP contribution is 2.42. The summed E-state index contributed by atoms with van der Waals surface area (Å²) in [6.45, 7) is 2.34. The number of hydrogen-bond donors (Lipinski definition) is 0. The molecule has 4 nitrogen and oxygen atoms in total. The summed E-state index contributed by atoms with van der Waals surface area (Å²) < 4.78 is 52.5. The second kappa shape index (κ2) is 6.68. The van der Waals surface area contributed by atoms with Crippen LogP contribution in [0, 0.1) is 5.92 Å². The third kappa shape index (κ3) is 4.02. The van der Waals surface area contributed by atoms with Gasteiger partial charge in [-0.3, -0.25) is 0 Å². The van der Waals surface area contributed by atoms with Gasteiger partial charge in [0.1, 0.15) is 0 Å². The molecule has 24 heavy (non-hydrogen) atoms. The Balaban J connectivity index is 1.59. The lowest BCUT2D eigenvalue weighted by Crippen LogP contribution is -2.51. The minimum atomic E-state index is -3.65. The van der Waals surface area contributed by atoms with E-state index in [4.69, 9.17) is 23.2 Å². The second-order valence-corrected chi connectivity index (χ2v) is 9.25. The van der Waals surface area contributed by atoms with Crippen molar-refractivity contribution in [2.24, 2.45) is 5.92 Å². The molecule has 0 aromatic heterocycles. The molecular formula is C15H18Cl2F2N2O2S. The van der Waals surface area contributed by atoms with Crippen LogP contribution in [0.25, 0.3) is 0 Å². The maximum absolute atomic E-state index is 12.9. The van der Waals surface area contributed by atoms with Crippen LogP contribution < -0.4 is 0 Å². The van der Waals surface area contributed by atoms with E-state index in [1.807, 2.05) is 0 Å². The molecule has 1 aromatic rings. The van der Waals surface area contributed by atoms with Gasteiger partial charge in [-0.2, -0.15) is 4.31 Å². The van der Waals surface area contributed by atoms with E-state index in [-0.39, 0.29) is 33.7 Å². The fourth-order valence-electron chi connectivity index (χ4n) is 3.26. The molecule has 0 atom stereocenters. The average Bonchev–Trinajstić information content (AvgIpc) is 2.45. The molecule has 9 heteroatoms. The Hall–Kier alpha value is -0.470. The van der Waals surface area contributed by atoms with Crippen LogP contribution in [0.4, 0.5) is 8.78 Å². The number of nitrogens with zero attached hydrogens (tertiary/aromatic N) is 2. The Morgan fingerprint density at radius 2 is 1.58 bits per heavy atom. The van der Waals surface area contributed by atoms with Crippen molar-refractivity contribution in [3.8, 4) is 0 Å². The average molecular weight is 399 g/mol. The molecule has 1 heterocycles. The van der Waals surface area contributed by atoms with Crippen molar-refractivity contribution in [1.82, 2.24) is 9.21 Å². The van der Waals surface area contributed by atoms with Gasteiger partial charge in [-0.1, -0.05) is 23.2 Å². The number of alkyl halides is 2. The fourth-order valence-corrected chi connectivity index (χ4v) is 5.41. The Morgan fingerprint density at radius 3 is 2.08 bits per heavy atom. The summed E-state index contributed by atoms with van der Waals surface area (Å²) in [4.78, 5) is 2.13. The Bertz CT molecular complexity index is 694. The van der Waals surface area contributed by atoms with Crippen molar-refractivity contribution in [3.05, 3.63) is 28.2 Å². The first-order valence-electron chi connectivity index (χ1n) is 7.72. The monoisotopic (exact) mass is 398 g/mol. The number of halogens is 4. The summed E-state index contributed by atoms with van der Waals surface area (Å²) in [5.74, 6) is -2.50. The summed E-state index contributed by atoms with van der Waals surface area (Å²) in [7, 11) is -3.65. The molecule has 1 aromatic carbocycles. The lowest BCUT2D eigenvalue weighted by Gasteiger charge is -2.41. The Morgan fingerprint density at radius 1 is 1.04 bits per heavy atom. The van der Waals surface area contributed by atoms with E-state index < -0.39 is 15.9 Å². The molecule has 0 bridgehead atoms. The molecule has 2 fully saturated rings. The van der Waals surface area contributed by atoms with Gasteiger partial charge in [0, 0.05) is 55.6 Å². The van der Waals surface area contributed by atoms with Gasteiger partial charge >= 0.3 is 0 Å². The van der Waals surface area contributed by atoms with E-state index in [2.05, 4.69) is 4.90 Å². The largest absolute Gasteiger partial charge is 0.300 e. The van der Waals surface area contributed by atoms with E-state index in [1.54, 1.807) is 0 Å². The first-order chi connectivity index (χ1) is 11.2. The zero-order valence-corrected chi connectivity index (χ0v) is 15.2. The van der Waals surface area contributed by atoms with Crippen molar-refractivity contribution in [1.29, 1.82) is 0 Å². The zero-order valence-electron chi connectivity index (χ0n) is 12.9. The lowest BCUT2D eigenvalue weighted by molar-refractivity contribution is -0.117. The van der Waals surface area contributed by atoms with Gasteiger partial charge in [0.25, 0.3) is 0 Å². The molecule has 2 aliphatic rings. The zero-order chi connectivity index (χ0) is 17.5. The number of sulfonamides is 1. The molecule has 0 amide bonds. The Labute approximate surface area is 150 Å². The highest BCUT2D eigenvalue weighted by atomic mass is 35.5. The van der Waals surface area contributed by atoms with Gasteiger partial charge in [0.2, 0.25) is 15.9 Å². The topological polar surface area (TPSA) is 40.6 Å². The SMILES string of the molecule is O=S(=O)(c1cc(Cl)cc(Cl)c1)N1CCN(CC2CC(F)(F)C2)CC1. The van der Waals surface area contributed by atoms with Gasteiger partial charge in [0.15, 0.2) is 0 Å². The Kier molecular flexibility index (Phi) is 5.10. The van der Waals surface area contributed by atoms with Crippen LogP contribution in [0.15, 0.2) is 23.1 Å². The van der Waals surface area contributed by atoms with Crippen molar-refractivity contribution in [3.63, 3.8) is 0 Å². The van der Waals surface area contributed by atoms with E-state index in [9.17, 15) is 17.2 Å². The molecule has 0 N–H and O–H groups in total. The maximum atomic E-state index is 12.9. The van der Waals surface area contributed by atoms with E-state index in [1.165, 1.54) is 22.5 Å². The summed E-state index contributed by atoms with van der Waals surface area (Å²) in [6, 6.07) is 4.24. The van der Waals surface area contributed by atoms with Gasteiger partial charge < -0.3 is 4.90 Å². The highest BCUT2D eigenvalue weighted by Gasteiger charge is 2.45. The molecule has 1 aliphatic carbocycles. The molecule has 0 unspecified atom stereocenters. The number of rotatable bonds is 4. The summed E-state index contributed by atoms with van der Waals surface area (Å²) in [5.41, 5.74) is 0. The maximum Gasteiger partial charge on any atom is 0.248 e. The first-order valence-corrected chi connectivity index (χ1v) is 9.92. The van der Waals surface area contributed by atoms with Crippen molar-refractivity contribution >= 4 is 33.2 Å². The van der Waals surface area contributed by atoms with Crippen LogP contribution in [0.3, 0.4) is 0 Å². The van der Waals surface area contributed by atoms with Crippen LogP contribution in [0.2, 0.25) is 10.0 Å². The molecular weight excluding hydrogens is 381 g/mol. The number of benzene rings is 1. The molecule has 1 saturated heterocycles. The molecule has 0 spiro atoms. The van der Waals surface area contributed by atoms with E-state index in [0.717, 1.165) is 0 Å². The normalized spacial score (nSPS) is 23.2. The molecule has 1 saturated carbocycles. The highest BCUT2D eigenvalue weighted by molar-refractivity contribution is 7.89. The van der Waals surface area contributed by atoms with Crippen molar-refractivity contribution in [2.45, 2.75) is 23.7 Å². The number of hydrogen-bond acceptors (Lipinski definition) is 3. The van der Waals surface area contributed by atoms with Gasteiger partial charge in [-0.25, -0.2) is 17.2 Å². The van der Waals surface area contributed by atoms with E-state index in [0.29, 0.717) is 32.7 Å². The van der Waals surface area contributed by atoms with Gasteiger partial charge in [0.05, 0.1) is 4.90 Å². The minimum Gasteiger partial charge on any atom is -0.300 e. The van der Waals surface area contributed by atoms with Gasteiger partial charge in [-0.05, 0) is 24.1 Å². The quantitative estimate of drug-likeness (QED) is 0.780. The van der Waals surface area contributed by atoms with Crippen LogP contribution in [-0.2, 0) is 10.0 Å². The molecule has 1 aliphatic heterocycles. The van der Waals surface area contributed by atoms with Crippen LogP contribution in [0.5, 0.6) is 0 Å². The third-order valence-electron chi connectivity index (χ3n) is 4.50. The molecule has 3 rings (SSSR count). The van der Waals surface area contributed by atoms with Gasteiger partial charge in [-0.15, -0.1) is 0 Å². The van der Waals surface area contributed by atoms with Crippen LogP contribution in [0.1, 0.15) is 12.8 Å². The summed E-state index contributed by atoms with van der Waals surface area (Å²) in [6.07, 6.45) is -0.126. The van der Waals surface area contributed by atoms with E-state index >= 15 is 0 Å². The minimum absolute atomic E-state index is 0.00916. The summed E-state index contributed by atoms with van der Waals surface area (Å²) >= 11 is 11.8. The lowest BCUT2D eigenvalue weighted by atomic mass is 9.81. The molecule has 134 valence electrons. The predicted molar refractivity (Wildman–Crippen MR) is 89.3 cm³/mol. The number of piperazine rings is 1. The van der Waals surface area contributed by atoms with Crippen molar-refractivity contribution < 1.29 is 17.2 Å².